The van der Waals surface area contributed by atoms with E-state index in [0.717, 1.165) is 5.69 Å². The van der Waals surface area contributed by atoms with Crippen LogP contribution in [0, 0.1) is 0 Å². The number of benzene rings is 1. The van der Waals surface area contributed by atoms with E-state index in [4.69, 9.17) is 11.6 Å². The average molecular weight is 410 g/mol. The second kappa shape index (κ2) is 8.20. The lowest BCUT2D eigenvalue weighted by molar-refractivity contribution is 0.0924. The van der Waals surface area contributed by atoms with E-state index in [-0.39, 0.29) is 17.2 Å². The first-order valence-electron chi connectivity index (χ1n) is 8.43. The molecule has 0 atom stereocenters. The summed E-state index contributed by atoms with van der Waals surface area (Å²) in [5, 5.41) is 6.20. The number of aromatic nitrogens is 2. The third kappa shape index (κ3) is 5.38. The minimum absolute atomic E-state index is 0.0311. The number of amides is 1. The summed E-state index contributed by atoms with van der Waals surface area (Å²) in [6.45, 7) is 0.849. The minimum Gasteiger partial charge on any atom is -0.349 e. The molecule has 0 saturated carbocycles. The highest BCUT2D eigenvalue weighted by atomic mass is 35.5. The van der Waals surface area contributed by atoms with Gasteiger partial charge in [0.05, 0.1) is 6.26 Å². The number of nitrogens with one attached hydrogen (secondary N) is 2. The Hall–Kier alpha value is -2.23. The van der Waals surface area contributed by atoms with Crippen LogP contribution in [0.15, 0.2) is 36.5 Å². The van der Waals surface area contributed by atoms with E-state index in [0.29, 0.717) is 37.3 Å². The van der Waals surface area contributed by atoms with Crippen LogP contribution < -0.4 is 10.6 Å². The number of hydrogen-bond donors (Lipinski definition) is 2. The Morgan fingerprint density at radius 3 is 2.44 bits per heavy atom. The molecule has 0 aliphatic carbocycles. The highest BCUT2D eigenvalue weighted by Crippen LogP contribution is 2.17. The molecular formula is C17H20ClN5O3S. The number of carbonyl (C=O) groups excluding carboxylic acids is 1. The number of anilines is 2. The van der Waals surface area contributed by atoms with E-state index >= 15 is 0 Å². The Kier molecular flexibility index (Phi) is 5.93. The monoisotopic (exact) mass is 409 g/mol. The van der Waals surface area contributed by atoms with Gasteiger partial charge in [-0.05, 0) is 54.8 Å². The molecule has 1 aliphatic rings. The largest absolute Gasteiger partial charge is 0.349 e. The molecule has 0 bridgehead atoms. The molecule has 10 heteroatoms. The van der Waals surface area contributed by atoms with E-state index in [1.165, 1.54) is 10.6 Å². The molecule has 0 unspecified atom stereocenters. The summed E-state index contributed by atoms with van der Waals surface area (Å²) in [5.74, 6) is 0.384. The molecule has 1 amide bonds. The molecular weight excluding hydrogens is 390 g/mol. The Labute approximate surface area is 163 Å². The molecule has 2 aromatic rings. The van der Waals surface area contributed by atoms with Crippen molar-refractivity contribution in [3.05, 3.63) is 47.4 Å². The molecule has 1 fully saturated rings. The Balaban J connectivity index is 1.55. The van der Waals surface area contributed by atoms with Crippen molar-refractivity contribution in [1.29, 1.82) is 0 Å². The molecule has 8 nitrogen and oxygen atoms in total. The molecule has 1 aromatic heterocycles. The molecule has 1 saturated heterocycles. The lowest BCUT2D eigenvalue weighted by Crippen LogP contribution is -2.46. The molecule has 2 N–H and O–H groups in total. The second-order valence-electron chi connectivity index (χ2n) is 6.32. The van der Waals surface area contributed by atoms with Crippen LogP contribution in [0.5, 0.6) is 0 Å². The van der Waals surface area contributed by atoms with Gasteiger partial charge in [-0.15, -0.1) is 0 Å². The normalized spacial score (nSPS) is 16.1. The number of piperidine rings is 1. The van der Waals surface area contributed by atoms with Crippen molar-refractivity contribution in [2.75, 3.05) is 24.7 Å². The van der Waals surface area contributed by atoms with Gasteiger partial charge in [-0.1, -0.05) is 0 Å². The summed E-state index contributed by atoms with van der Waals surface area (Å²) in [4.78, 5) is 20.3. The zero-order chi connectivity index (χ0) is 19.4. The minimum atomic E-state index is -3.17. The summed E-state index contributed by atoms with van der Waals surface area (Å²) in [7, 11) is -3.17. The first kappa shape index (κ1) is 19.5. The van der Waals surface area contributed by atoms with Crippen LogP contribution in [0.3, 0.4) is 0 Å². The van der Waals surface area contributed by atoms with Crippen LogP contribution in [0.4, 0.5) is 11.5 Å². The fourth-order valence-electron chi connectivity index (χ4n) is 2.86. The number of nitrogens with zero attached hydrogens (tertiary/aromatic N) is 3. The SMILES string of the molecule is CS(=O)(=O)N1CCC(NC(=O)c2ccc(Nc3ccnc(Cl)n3)cc2)CC1. The predicted octanol–water partition coefficient (Wildman–Crippen LogP) is 2.03. The Bertz CT molecular complexity index is 912. The van der Waals surface area contributed by atoms with E-state index in [9.17, 15) is 13.2 Å². The van der Waals surface area contributed by atoms with Crippen LogP contribution >= 0.6 is 11.6 Å². The van der Waals surface area contributed by atoms with Crippen molar-refractivity contribution < 1.29 is 13.2 Å². The van der Waals surface area contributed by atoms with Gasteiger partial charge >= 0.3 is 0 Å². The molecule has 3 rings (SSSR count). The lowest BCUT2D eigenvalue weighted by atomic mass is 10.1. The quantitative estimate of drug-likeness (QED) is 0.732. The number of rotatable bonds is 5. The van der Waals surface area contributed by atoms with Crippen molar-refractivity contribution in [3.8, 4) is 0 Å². The lowest BCUT2D eigenvalue weighted by Gasteiger charge is -2.30. The third-order valence-corrected chi connectivity index (χ3v) is 5.79. The smallest absolute Gasteiger partial charge is 0.251 e. The topological polar surface area (TPSA) is 104 Å². The second-order valence-corrected chi connectivity index (χ2v) is 8.64. The van der Waals surface area contributed by atoms with Gasteiger partial charge in [0.2, 0.25) is 15.3 Å². The third-order valence-electron chi connectivity index (χ3n) is 4.30. The number of halogens is 1. The van der Waals surface area contributed by atoms with Crippen LogP contribution in [-0.4, -0.2) is 54.0 Å². The van der Waals surface area contributed by atoms with Crippen LogP contribution in [-0.2, 0) is 10.0 Å². The zero-order valence-corrected chi connectivity index (χ0v) is 16.3. The van der Waals surface area contributed by atoms with Crippen LogP contribution in [0.25, 0.3) is 0 Å². The Morgan fingerprint density at radius 2 is 1.85 bits per heavy atom. The summed E-state index contributed by atoms with van der Waals surface area (Å²) in [5.41, 5.74) is 1.30. The van der Waals surface area contributed by atoms with Gasteiger partial charge < -0.3 is 10.6 Å². The Morgan fingerprint density at radius 1 is 1.19 bits per heavy atom. The molecule has 1 aliphatic heterocycles. The fourth-order valence-corrected chi connectivity index (χ4v) is 3.88. The van der Waals surface area contributed by atoms with Gasteiger partial charge in [0.15, 0.2) is 0 Å². The fraction of sp³-hybridized carbons (Fsp3) is 0.353. The maximum atomic E-state index is 12.4. The first-order chi connectivity index (χ1) is 12.8. The van der Waals surface area contributed by atoms with E-state index in [1.807, 2.05) is 0 Å². The summed E-state index contributed by atoms with van der Waals surface area (Å²) in [6, 6.07) is 8.64. The van der Waals surface area contributed by atoms with E-state index in [2.05, 4.69) is 20.6 Å². The van der Waals surface area contributed by atoms with Crippen LogP contribution in [0.1, 0.15) is 23.2 Å². The number of sulfonamides is 1. The van der Waals surface area contributed by atoms with E-state index < -0.39 is 10.0 Å². The standard InChI is InChI=1S/C17H20ClN5O3S/c1-27(25,26)23-10-7-14(8-11-23)21-16(24)12-2-4-13(5-3-12)20-15-6-9-19-17(18)22-15/h2-6,9,14H,7-8,10-11H2,1H3,(H,21,24)(H,19,20,22). The molecule has 0 spiro atoms. The predicted molar refractivity (Wildman–Crippen MR) is 104 cm³/mol. The van der Waals surface area contributed by atoms with Gasteiger partial charge in [0.25, 0.3) is 5.91 Å². The maximum Gasteiger partial charge on any atom is 0.251 e. The number of carbonyl (C=O) groups is 1. The number of hydrogen-bond acceptors (Lipinski definition) is 6. The average Bonchev–Trinajstić information content (AvgIpc) is 2.62. The zero-order valence-electron chi connectivity index (χ0n) is 14.7. The summed E-state index contributed by atoms with van der Waals surface area (Å²) < 4.78 is 24.5. The van der Waals surface area contributed by atoms with Gasteiger partial charge in [-0.3, -0.25) is 4.79 Å². The van der Waals surface area contributed by atoms with E-state index in [1.54, 1.807) is 36.5 Å². The highest BCUT2D eigenvalue weighted by molar-refractivity contribution is 7.88. The molecule has 144 valence electrons. The molecule has 2 heterocycles. The maximum absolute atomic E-state index is 12.4. The first-order valence-corrected chi connectivity index (χ1v) is 10.7. The summed E-state index contributed by atoms with van der Waals surface area (Å²) >= 11 is 5.75. The van der Waals surface area contributed by atoms with Crippen molar-refractivity contribution in [2.24, 2.45) is 0 Å². The van der Waals surface area contributed by atoms with Crippen molar-refractivity contribution in [3.63, 3.8) is 0 Å². The van der Waals surface area contributed by atoms with Gasteiger partial charge in [-0.2, -0.15) is 0 Å². The molecule has 0 radical (unpaired) electrons. The van der Waals surface area contributed by atoms with Gasteiger partial charge in [0, 0.05) is 36.6 Å². The highest BCUT2D eigenvalue weighted by Gasteiger charge is 2.25. The summed E-state index contributed by atoms with van der Waals surface area (Å²) in [6.07, 6.45) is 3.96. The molecule has 1 aromatic carbocycles. The molecule has 27 heavy (non-hydrogen) atoms. The van der Waals surface area contributed by atoms with Gasteiger partial charge in [-0.25, -0.2) is 22.7 Å². The van der Waals surface area contributed by atoms with Crippen LogP contribution in [0.2, 0.25) is 5.28 Å². The van der Waals surface area contributed by atoms with Gasteiger partial charge in [0.1, 0.15) is 5.82 Å². The van der Waals surface area contributed by atoms with Crippen molar-refractivity contribution in [2.45, 2.75) is 18.9 Å². The van der Waals surface area contributed by atoms with Crippen molar-refractivity contribution in [1.82, 2.24) is 19.6 Å². The van der Waals surface area contributed by atoms with Crippen molar-refractivity contribution >= 4 is 39.0 Å².